The first-order chi connectivity index (χ1) is 10.1. The van der Waals surface area contributed by atoms with Crippen LogP contribution >= 0.6 is 0 Å². The number of aromatic nitrogens is 1. The quantitative estimate of drug-likeness (QED) is 0.881. The highest BCUT2D eigenvalue weighted by atomic mass is 19.1. The van der Waals surface area contributed by atoms with Crippen molar-refractivity contribution < 1.29 is 4.39 Å². The van der Waals surface area contributed by atoms with Crippen molar-refractivity contribution in [3.05, 3.63) is 59.5 Å². The Balaban J connectivity index is 2.04. The van der Waals surface area contributed by atoms with Gasteiger partial charge in [0.1, 0.15) is 11.6 Å². The largest absolute Gasteiger partial charge is 0.355 e. The van der Waals surface area contributed by atoms with Crippen LogP contribution in [0.5, 0.6) is 0 Å². The highest BCUT2D eigenvalue weighted by Gasteiger charge is 2.07. The predicted octanol–water partition coefficient (Wildman–Crippen LogP) is 3.53. The normalized spacial score (nSPS) is 12.2. The minimum absolute atomic E-state index is 0.205. The molecule has 0 aliphatic rings. The zero-order chi connectivity index (χ0) is 15.2. The molecule has 1 N–H and O–H groups in total. The molecule has 112 valence electrons. The predicted molar refractivity (Wildman–Crippen MR) is 84.8 cm³/mol. The van der Waals surface area contributed by atoms with Crippen LogP contribution in [-0.2, 0) is 6.54 Å². The van der Waals surface area contributed by atoms with Gasteiger partial charge in [0.15, 0.2) is 0 Å². The second-order valence-corrected chi connectivity index (χ2v) is 5.22. The molecule has 0 saturated heterocycles. The summed E-state index contributed by atoms with van der Waals surface area (Å²) >= 11 is 0. The fourth-order valence-corrected chi connectivity index (χ4v) is 2.29. The molecule has 0 aliphatic heterocycles. The van der Waals surface area contributed by atoms with Gasteiger partial charge < -0.3 is 10.2 Å². The van der Waals surface area contributed by atoms with Gasteiger partial charge >= 0.3 is 0 Å². The van der Waals surface area contributed by atoms with Gasteiger partial charge in [-0.15, -0.1) is 0 Å². The van der Waals surface area contributed by atoms with Crippen LogP contribution in [0.25, 0.3) is 0 Å². The lowest BCUT2D eigenvalue weighted by atomic mass is 10.1. The van der Waals surface area contributed by atoms with Gasteiger partial charge in [0.2, 0.25) is 0 Å². The van der Waals surface area contributed by atoms with E-state index in [0.717, 1.165) is 17.9 Å². The summed E-state index contributed by atoms with van der Waals surface area (Å²) < 4.78 is 13.2. The van der Waals surface area contributed by atoms with E-state index in [0.29, 0.717) is 12.6 Å². The van der Waals surface area contributed by atoms with E-state index in [2.05, 4.69) is 30.2 Å². The maximum absolute atomic E-state index is 13.2. The number of hydrogen-bond acceptors (Lipinski definition) is 3. The molecular weight excluding hydrogens is 265 g/mol. The summed E-state index contributed by atoms with van der Waals surface area (Å²) in [6.45, 7) is 5.77. The Morgan fingerprint density at radius 3 is 2.71 bits per heavy atom. The Bertz CT molecular complexity index is 569. The topological polar surface area (TPSA) is 28.2 Å². The van der Waals surface area contributed by atoms with Gasteiger partial charge in [-0.2, -0.15) is 0 Å². The Morgan fingerprint density at radius 1 is 1.29 bits per heavy atom. The van der Waals surface area contributed by atoms with Crippen molar-refractivity contribution in [1.82, 2.24) is 10.3 Å². The number of halogens is 1. The lowest BCUT2D eigenvalue weighted by molar-refractivity contribution is 0.596. The molecular formula is C17H22FN3. The highest BCUT2D eigenvalue weighted by Crippen LogP contribution is 2.17. The van der Waals surface area contributed by atoms with Crippen LogP contribution in [-0.4, -0.2) is 18.6 Å². The van der Waals surface area contributed by atoms with Gasteiger partial charge in [-0.25, -0.2) is 9.37 Å². The van der Waals surface area contributed by atoms with E-state index < -0.39 is 0 Å². The fraction of sp³-hybridized carbons (Fsp3) is 0.353. The number of pyridine rings is 1. The van der Waals surface area contributed by atoms with Gasteiger partial charge in [0, 0.05) is 25.8 Å². The minimum atomic E-state index is -0.205. The summed E-state index contributed by atoms with van der Waals surface area (Å²) in [5.74, 6) is 0.676. The van der Waals surface area contributed by atoms with Crippen molar-refractivity contribution >= 4 is 5.82 Å². The maximum atomic E-state index is 13.2. The summed E-state index contributed by atoms with van der Waals surface area (Å²) in [4.78, 5) is 6.50. The molecule has 2 aromatic rings. The second-order valence-electron chi connectivity index (χ2n) is 5.22. The van der Waals surface area contributed by atoms with Crippen molar-refractivity contribution in [2.24, 2.45) is 0 Å². The summed E-state index contributed by atoms with van der Waals surface area (Å²) in [5.41, 5.74) is 2.10. The van der Waals surface area contributed by atoms with Gasteiger partial charge in [-0.3, -0.25) is 0 Å². The molecule has 1 heterocycles. The summed E-state index contributed by atoms with van der Waals surface area (Å²) in [6.07, 6.45) is 1.89. The summed E-state index contributed by atoms with van der Waals surface area (Å²) in [7, 11) is 1.96. The minimum Gasteiger partial charge on any atom is -0.355 e. The third kappa shape index (κ3) is 4.26. The average molecular weight is 287 g/mol. The van der Waals surface area contributed by atoms with Crippen LogP contribution < -0.4 is 10.2 Å². The zero-order valence-corrected chi connectivity index (χ0v) is 12.8. The molecule has 0 saturated carbocycles. The summed E-state index contributed by atoms with van der Waals surface area (Å²) in [6, 6.07) is 11.0. The van der Waals surface area contributed by atoms with Gasteiger partial charge in [-0.05, 0) is 42.8 Å². The molecule has 1 unspecified atom stereocenters. The van der Waals surface area contributed by atoms with E-state index in [4.69, 9.17) is 0 Å². The molecule has 0 spiro atoms. The highest BCUT2D eigenvalue weighted by molar-refractivity contribution is 5.40. The molecule has 0 radical (unpaired) electrons. The van der Waals surface area contributed by atoms with Crippen LogP contribution in [0.1, 0.15) is 31.0 Å². The smallest absolute Gasteiger partial charge is 0.128 e. The number of nitrogens with zero attached hydrogens (tertiary/aromatic N) is 2. The molecule has 0 aliphatic carbocycles. The standard InChI is InChI=1S/C17H22FN3/c1-4-19-13(2)15-8-9-17(20-11-15)21(3)12-14-6-5-7-16(18)10-14/h5-11,13,19H,4,12H2,1-3H3. The Hall–Kier alpha value is -1.94. The van der Waals surface area contributed by atoms with Crippen molar-refractivity contribution in [1.29, 1.82) is 0 Å². The Labute approximate surface area is 125 Å². The van der Waals surface area contributed by atoms with E-state index in [1.165, 1.54) is 11.6 Å². The molecule has 2 rings (SSSR count). The van der Waals surface area contributed by atoms with E-state index in [1.54, 1.807) is 12.1 Å². The molecule has 0 fully saturated rings. The van der Waals surface area contributed by atoms with Crippen LogP contribution in [0, 0.1) is 5.82 Å². The number of hydrogen-bond donors (Lipinski definition) is 1. The molecule has 0 amide bonds. The van der Waals surface area contributed by atoms with Crippen molar-refractivity contribution in [2.75, 3.05) is 18.5 Å². The van der Waals surface area contributed by atoms with Crippen molar-refractivity contribution in [3.63, 3.8) is 0 Å². The molecule has 1 atom stereocenters. The SMILES string of the molecule is CCNC(C)c1ccc(N(C)Cc2cccc(F)c2)nc1. The molecule has 4 heteroatoms. The van der Waals surface area contributed by atoms with E-state index in [-0.39, 0.29) is 5.82 Å². The fourth-order valence-electron chi connectivity index (χ4n) is 2.29. The summed E-state index contributed by atoms with van der Waals surface area (Å²) in [5, 5.41) is 3.36. The van der Waals surface area contributed by atoms with Crippen LogP contribution in [0.4, 0.5) is 10.2 Å². The Kier molecular flexibility index (Phi) is 5.28. The first-order valence-electron chi connectivity index (χ1n) is 7.25. The third-order valence-electron chi connectivity index (χ3n) is 3.48. The van der Waals surface area contributed by atoms with Crippen LogP contribution in [0.2, 0.25) is 0 Å². The third-order valence-corrected chi connectivity index (χ3v) is 3.48. The molecule has 1 aromatic heterocycles. The lowest BCUT2D eigenvalue weighted by Gasteiger charge is -2.19. The maximum Gasteiger partial charge on any atom is 0.128 e. The van der Waals surface area contributed by atoms with Crippen molar-refractivity contribution in [3.8, 4) is 0 Å². The van der Waals surface area contributed by atoms with Crippen molar-refractivity contribution in [2.45, 2.75) is 26.4 Å². The Morgan fingerprint density at radius 2 is 2.10 bits per heavy atom. The van der Waals surface area contributed by atoms with E-state index in [1.807, 2.05) is 30.3 Å². The number of anilines is 1. The monoisotopic (exact) mass is 287 g/mol. The molecule has 0 bridgehead atoms. The molecule has 21 heavy (non-hydrogen) atoms. The molecule has 1 aromatic carbocycles. The second kappa shape index (κ2) is 7.18. The first kappa shape index (κ1) is 15.4. The lowest BCUT2D eigenvalue weighted by Crippen LogP contribution is -2.20. The first-order valence-corrected chi connectivity index (χ1v) is 7.25. The van der Waals surface area contributed by atoms with Crippen LogP contribution in [0.3, 0.4) is 0 Å². The average Bonchev–Trinajstić information content (AvgIpc) is 2.47. The van der Waals surface area contributed by atoms with Gasteiger partial charge in [0.25, 0.3) is 0 Å². The van der Waals surface area contributed by atoms with Gasteiger partial charge in [-0.1, -0.05) is 25.1 Å². The van der Waals surface area contributed by atoms with E-state index in [9.17, 15) is 4.39 Å². The zero-order valence-electron chi connectivity index (χ0n) is 12.8. The van der Waals surface area contributed by atoms with E-state index >= 15 is 0 Å². The number of nitrogens with one attached hydrogen (secondary N) is 1. The molecule has 3 nitrogen and oxygen atoms in total. The van der Waals surface area contributed by atoms with Crippen LogP contribution in [0.15, 0.2) is 42.6 Å². The number of rotatable bonds is 6. The van der Waals surface area contributed by atoms with Gasteiger partial charge in [0.05, 0.1) is 0 Å². The number of benzene rings is 1.